The average molecular weight is 392 g/mol. The summed E-state index contributed by atoms with van der Waals surface area (Å²) >= 11 is 3.06. The maximum atomic E-state index is 12.8. The Morgan fingerprint density at radius 3 is 2.87 bits per heavy atom. The second-order valence-corrected chi connectivity index (χ2v) is 5.47. The van der Waals surface area contributed by atoms with E-state index >= 15 is 0 Å². The Balaban J connectivity index is 2.00. The summed E-state index contributed by atoms with van der Waals surface area (Å²) < 4.78 is 33.7. The molecule has 10 heteroatoms. The molecule has 126 valence electrons. The van der Waals surface area contributed by atoms with Crippen LogP contribution in [0.3, 0.4) is 0 Å². The normalized spacial score (nSPS) is 11.2. The van der Waals surface area contributed by atoms with Gasteiger partial charge in [-0.05, 0) is 29.8 Å². The number of hydrogen-bond donors (Lipinski definition) is 1. The summed E-state index contributed by atoms with van der Waals surface area (Å²) in [6.45, 7) is 4.14. The number of carbonyl (C=O) groups excluding carboxylic acids is 1. The Bertz CT molecular complexity index is 686. The third kappa shape index (κ3) is 4.35. The van der Waals surface area contributed by atoms with Crippen LogP contribution in [0, 0.1) is 6.92 Å². The van der Waals surface area contributed by atoms with E-state index in [2.05, 4.69) is 31.4 Å². The number of aromatic nitrogens is 4. The number of ether oxygens (including phenoxy) is 1. The van der Waals surface area contributed by atoms with Gasteiger partial charge in [-0.3, -0.25) is 9.48 Å². The number of rotatable bonds is 7. The van der Waals surface area contributed by atoms with Crippen LogP contribution in [0.5, 0.6) is 0 Å². The van der Waals surface area contributed by atoms with Crippen molar-refractivity contribution in [2.24, 2.45) is 0 Å². The Labute approximate surface area is 139 Å². The lowest BCUT2D eigenvalue weighted by Gasteiger charge is -2.05. The van der Waals surface area contributed by atoms with Gasteiger partial charge in [0.25, 0.3) is 6.43 Å². The quantitative estimate of drug-likeness (QED) is 0.787. The topological polar surface area (TPSA) is 74.0 Å². The molecule has 0 unspecified atom stereocenters. The average Bonchev–Trinajstić information content (AvgIpc) is 3.04. The minimum Gasteiger partial charge on any atom is -0.360 e. The predicted octanol–water partition coefficient (Wildman–Crippen LogP) is 2.72. The number of nitrogens with zero attached hydrogens (tertiary/aromatic N) is 4. The number of anilines is 1. The summed E-state index contributed by atoms with van der Waals surface area (Å²) in [5, 5.41) is 10.4. The van der Waals surface area contributed by atoms with E-state index in [1.807, 2.05) is 6.92 Å². The van der Waals surface area contributed by atoms with Crippen molar-refractivity contribution in [3.8, 4) is 0 Å². The van der Waals surface area contributed by atoms with Gasteiger partial charge >= 0.3 is 0 Å². The van der Waals surface area contributed by atoms with Crippen LogP contribution in [0.15, 0.2) is 16.9 Å². The van der Waals surface area contributed by atoms with Gasteiger partial charge in [-0.1, -0.05) is 0 Å². The highest BCUT2D eigenvalue weighted by Gasteiger charge is 2.21. The zero-order chi connectivity index (χ0) is 17.0. The van der Waals surface area contributed by atoms with E-state index in [0.29, 0.717) is 18.0 Å². The minimum atomic E-state index is -2.70. The molecular weight excluding hydrogens is 376 g/mol. The highest BCUT2D eigenvalue weighted by Crippen LogP contribution is 2.28. The van der Waals surface area contributed by atoms with Gasteiger partial charge in [0.05, 0.1) is 28.2 Å². The molecule has 0 aliphatic carbocycles. The molecule has 0 fully saturated rings. The number of amides is 1. The van der Waals surface area contributed by atoms with Crippen LogP contribution in [-0.4, -0.2) is 32.1 Å². The Kier molecular flexibility index (Phi) is 5.83. The van der Waals surface area contributed by atoms with E-state index in [-0.39, 0.29) is 29.3 Å². The zero-order valence-corrected chi connectivity index (χ0v) is 14.2. The lowest BCUT2D eigenvalue weighted by molar-refractivity contribution is -0.117. The number of halogens is 3. The summed E-state index contributed by atoms with van der Waals surface area (Å²) in [5.74, 6) is -0.389. The summed E-state index contributed by atoms with van der Waals surface area (Å²) in [4.78, 5) is 12.0. The van der Waals surface area contributed by atoms with Gasteiger partial charge in [-0.2, -0.15) is 10.2 Å². The summed E-state index contributed by atoms with van der Waals surface area (Å²) in [5.41, 5.74) is 0.579. The Morgan fingerprint density at radius 1 is 1.52 bits per heavy atom. The molecule has 0 bridgehead atoms. The molecule has 0 spiro atoms. The van der Waals surface area contributed by atoms with Crippen molar-refractivity contribution in [2.75, 3.05) is 11.9 Å². The second-order valence-electron chi connectivity index (χ2n) is 4.68. The second kappa shape index (κ2) is 7.64. The highest BCUT2D eigenvalue weighted by atomic mass is 79.9. The molecule has 2 rings (SSSR count). The summed E-state index contributed by atoms with van der Waals surface area (Å²) in [7, 11) is 0. The van der Waals surface area contributed by atoms with E-state index in [4.69, 9.17) is 4.74 Å². The third-order valence-corrected chi connectivity index (χ3v) is 3.98. The number of alkyl halides is 2. The van der Waals surface area contributed by atoms with Crippen molar-refractivity contribution in [1.82, 2.24) is 19.6 Å². The number of nitrogens with one attached hydrogen (secondary N) is 1. The van der Waals surface area contributed by atoms with E-state index < -0.39 is 6.43 Å². The first-order valence-electron chi connectivity index (χ1n) is 6.83. The fraction of sp³-hybridized carbons (Fsp3) is 0.462. The van der Waals surface area contributed by atoms with Gasteiger partial charge in [-0.25, -0.2) is 13.5 Å². The standard InChI is InChI=1S/C13H16BrF2N5O2/c1-3-23-7-20-5-9(4-17-20)18-10(22)6-21-8(2)11(14)12(19-21)13(15)16/h4-5,13H,3,6-7H2,1-2H3,(H,18,22). The van der Waals surface area contributed by atoms with Crippen molar-refractivity contribution in [1.29, 1.82) is 0 Å². The molecule has 0 saturated carbocycles. The zero-order valence-electron chi connectivity index (χ0n) is 12.6. The first-order valence-corrected chi connectivity index (χ1v) is 7.62. The Morgan fingerprint density at radius 2 is 2.26 bits per heavy atom. The van der Waals surface area contributed by atoms with Crippen molar-refractivity contribution in [3.63, 3.8) is 0 Å². The van der Waals surface area contributed by atoms with E-state index in [1.165, 1.54) is 15.6 Å². The predicted molar refractivity (Wildman–Crippen MR) is 82.1 cm³/mol. The molecule has 7 nitrogen and oxygen atoms in total. The fourth-order valence-corrected chi connectivity index (χ4v) is 2.32. The molecule has 0 aromatic carbocycles. The lowest BCUT2D eigenvalue weighted by Crippen LogP contribution is -2.20. The van der Waals surface area contributed by atoms with Crippen LogP contribution in [-0.2, 0) is 22.8 Å². The molecule has 0 radical (unpaired) electrons. The summed E-state index contributed by atoms with van der Waals surface area (Å²) in [6, 6.07) is 0. The largest absolute Gasteiger partial charge is 0.360 e. The molecule has 2 aromatic heterocycles. The fourth-order valence-electron chi connectivity index (χ4n) is 1.86. The molecule has 0 aliphatic rings. The molecule has 2 heterocycles. The van der Waals surface area contributed by atoms with Gasteiger partial charge in [0.1, 0.15) is 19.0 Å². The minimum absolute atomic E-state index is 0.173. The molecule has 23 heavy (non-hydrogen) atoms. The molecule has 0 saturated heterocycles. The van der Waals surface area contributed by atoms with Crippen LogP contribution < -0.4 is 5.32 Å². The SMILES string of the molecule is CCOCn1cc(NC(=O)Cn2nc(C(F)F)c(Br)c2C)cn1. The monoisotopic (exact) mass is 391 g/mol. The first kappa shape index (κ1) is 17.5. The van der Waals surface area contributed by atoms with Gasteiger partial charge in [0, 0.05) is 6.61 Å². The van der Waals surface area contributed by atoms with Gasteiger partial charge in [-0.15, -0.1) is 0 Å². The van der Waals surface area contributed by atoms with Gasteiger partial charge < -0.3 is 10.1 Å². The Hall–Kier alpha value is -1.81. The maximum absolute atomic E-state index is 12.8. The summed E-state index contributed by atoms with van der Waals surface area (Å²) in [6.07, 6.45) is 0.390. The van der Waals surface area contributed by atoms with Gasteiger partial charge in [0.15, 0.2) is 0 Å². The van der Waals surface area contributed by atoms with E-state index in [0.717, 1.165) is 0 Å². The molecule has 0 atom stereocenters. The van der Waals surface area contributed by atoms with Crippen molar-refractivity contribution >= 4 is 27.5 Å². The maximum Gasteiger partial charge on any atom is 0.283 e. The number of carbonyl (C=O) groups is 1. The molecule has 1 amide bonds. The first-order chi connectivity index (χ1) is 10.9. The van der Waals surface area contributed by atoms with Gasteiger partial charge in [0.2, 0.25) is 5.91 Å². The molecule has 2 aromatic rings. The van der Waals surface area contributed by atoms with E-state index in [1.54, 1.807) is 13.1 Å². The van der Waals surface area contributed by atoms with Crippen LogP contribution in [0.1, 0.15) is 24.7 Å². The smallest absolute Gasteiger partial charge is 0.283 e. The van der Waals surface area contributed by atoms with Crippen molar-refractivity contribution in [2.45, 2.75) is 33.5 Å². The van der Waals surface area contributed by atoms with Crippen molar-refractivity contribution < 1.29 is 18.3 Å². The van der Waals surface area contributed by atoms with Crippen molar-refractivity contribution in [3.05, 3.63) is 28.3 Å². The molecular formula is C13H16BrF2N5O2. The third-order valence-electron chi connectivity index (χ3n) is 3.00. The molecule has 1 N–H and O–H groups in total. The molecule has 0 aliphatic heterocycles. The lowest BCUT2D eigenvalue weighted by atomic mass is 10.4. The van der Waals surface area contributed by atoms with Crippen LogP contribution in [0.25, 0.3) is 0 Å². The highest BCUT2D eigenvalue weighted by molar-refractivity contribution is 9.10. The number of hydrogen-bond acceptors (Lipinski definition) is 4. The van der Waals surface area contributed by atoms with Crippen LogP contribution in [0.2, 0.25) is 0 Å². The van der Waals surface area contributed by atoms with Crippen LogP contribution in [0.4, 0.5) is 14.5 Å². The van der Waals surface area contributed by atoms with E-state index in [9.17, 15) is 13.6 Å². The van der Waals surface area contributed by atoms with Crippen LogP contribution >= 0.6 is 15.9 Å².